The number of amides is 1. The number of benzene rings is 1. The van der Waals surface area contributed by atoms with E-state index in [0.717, 1.165) is 51.0 Å². The van der Waals surface area contributed by atoms with Crippen LogP contribution in [0.4, 0.5) is 4.39 Å². The third-order valence-electron chi connectivity index (χ3n) is 5.68. The standard InChI is InChI=1S/C18H25FN4O/c19-14-3-1-12(2-4-14)9-13-6-8-23(11-13)18(24)17-15-10-20-7-5-16(15)21-22-17/h1-4,13,15-17,20-22H,5-11H2. The summed E-state index contributed by atoms with van der Waals surface area (Å²) in [6.45, 7) is 3.54. The highest BCUT2D eigenvalue weighted by atomic mass is 19.1. The first-order valence-corrected chi connectivity index (χ1v) is 8.96. The molecule has 5 nitrogen and oxygen atoms in total. The van der Waals surface area contributed by atoms with Gasteiger partial charge in [-0.2, -0.15) is 0 Å². The molecule has 0 aliphatic carbocycles. The van der Waals surface area contributed by atoms with Crippen LogP contribution in [-0.2, 0) is 11.2 Å². The molecule has 3 N–H and O–H groups in total. The largest absolute Gasteiger partial charge is 0.341 e. The zero-order valence-electron chi connectivity index (χ0n) is 13.8. The molecule has 1 aromatic rings. The minimum Gasteiger partial charge on any atom is -0.341 e. The van der Waals surface area contributed by atoms with Gasteiger partial charge in [0.2, 0.25) is 5.91 Å². The van der Waals surface area contributed by atoms with Gasteiger partial charge in [0.25, 0.3) is 0 Å². The third-order valence-corrected chi connectivity index (χ3v) is 5.68. The topological polar surface area (TPSA) is 56.4 Å². The summed E-state index contributed by atoms with van der Waals surface area (Å²) in [7, 11) is 0. The Morgan fingerprint density at radius 1 is 1.21 bits per heavy atom. The predicted molar refractivity (Wildman–Crippen MR) is 89.6 cm³/mol. The van der Waals surface area contributed by atoms with Gasteiger partial charge in [0, 0.05) is 31.6 Å². The van der Waals surface area contributed by atoms with Crippen LogP contribution in [0.3, 0.4) is 0 Å². The molecule has 4 atom stereocenters. The summed E-state index contributed by atoms with van der Waals surface area (Å²) in [5, 5.41) is 3.40. The highest BCUT2D eigenvalue weighted by Crippen LogP contribution is 2.26. The Labute approximate surface area is 141 Å². The fourth-order valence-electron chi connectivity index (χ4n) is 4.31. The van der Waals surface area contributed by atoms with E-state index in [1.54, 1.807) is 0 Å². The molecule has 3 aliphatic heterocycles. The van der Waals surface area contributed by atoms with Crippen molar-refractivity contribution in [1.29, 1.82) is 0 Å². The minimum atomic E-state index is -0.197. The number of hydrazine groups is 1. The first-order chi connectivity index (χ1) is 11.7. The monoisotopic (exact) mass is 332 g/mol. The molecule has 0 spiro atoms. The van der Waals surface area contributed by atoms with Crippen molar-refractivity contribution in [3.63, 3.8) is 0 Å². The number of carbonyl (C=O) groups is 1. The Kier molecular flexibility index (Phi) is 4.52. The molecular formula is C18H25FN4O. The van der Waals surface area contributed by atoms with Gasteiger partial charge in [0.15, 0.2) is 0 Å². The molecule has 4 unspecified atom stereocenters. The highest BCUT2D eigenvalue weighted by molar-refractivity contribution is 5.83. The normalized spacial score (nSPS) is 32.8. The van der Waals surface area contributed by atoms with Crippen molar-refractivity contribution < 1.29 is 9.18 Å². The maximum atomic E-state index is 13.0. The summed E-state index contributed by atoms with van der Waals surface area (Å²) in [5.41, 5.74) is 7.67. The molecule has 0 radical (unpaired) electrons. The molecular weight excluding hydrogens is 307 g/mol. The summed E-state index contributed by atoms with van der Waals surface area (Å²) in [6.07, 6.45) is 3.00. The van der Waals surface area contributed by atoms with Crippen LogP contribution in [0.5, 0.6) is 0 Å². The lowest BCUT2D eigenvalue weighted by Crippen LogP contribution is -2.50. The average molecular weight is 332 g/mol. The van der Waals surface area contributed by atoms with E-state index in [1.165, 1.54) is 12.1 Å². The molecule has 6 heteroatoms. The number of hydrogen-bond acceptors (Lipinski definition) is 4. The van der Waals surface area contributed by atoms with Crippen LogP contribution in [0.15, 0.2) is 24.3 Å². The number of rotatable bonds is 3. The van der Waals surface area contributed by atoms with Crippen LogP contribution < -0.4 is 16.2 Å². The molecule has 3 aliphatic rings. The Morgan fingerprint density at radius 3 is 2.88 bits per heavy atom. The second-order valence-corrected chi connectivity index (χ2v) is 7.30. The molecule has 24 heavy (non-hydrogen) atoms. The number of likely N-dealkylation sites (tertiary alicyclic amines) is 1. The predicted octanol–water partition coefficient (Wildman–Crippen LogP) is 0.671. The number of carbonyl (C=O) groups excluding carboxylic acids is 1. The van der Waals surface area contributed by atoms with Crippen molar-refractivity contribution in [2.75, 3.05) is 26.2 Å². The van der Waals surface area contributed by atoms with Crippen molar-refractivity contribution in [2.24, 2.45) is 11.8 Å². The van der Waals surface area contributed by atoms with Gasteiger partial charge in [-0.25, -0.2) is 9.82 Å². The fourth-order valence-corrected chi connectivity index (χ4v) is 4.31. The van der Waals surface area contributed by atoms with E-state index in [9.17, 15) is 9.18 Å². The van der Waals surface area contributed by atoms with Crippen molar-refractivity contribution in [3.05, 3.63) is 35.6 Å². The number of halogens is 1. The number of fused-ring (bicyclic) bond motifs is 1. The summed E-state index contributed by atoms with van der Waals surface area (Å²) >= 11 is 0. The SMILES string of the molecule is O=C(C1NNC2CCNCC21)N1CCC(Cc2ccc(F)cc2)C1. The first kappa shape index (κ1) is 16.0. The Hall–Kier alpha value is -1.50. The molecule has 3 saturated heterocycles. The maximum Gasteiger partial charge on any atom is 0.241 e. The van der Waals surface area contributed by atoms with Crippen molar-refractivity contribution in [2.45, 2.75) is 31.3 Å². The van der Waals surface area contributed by atoms with Crippen LogP contribution in [0.2, 0.25) is 0 Å². The Morgan fingerprint density at radius 2 is 2.04 bits per heavy atom. The van der Waals surface area contributed by atoms with Crippen molar-refractivity contribution in [3.8, 4) is 0 Å². The van der Waals surface area contributed by atoms with Gasteiger partial charge in [-0.3, -0.25) is 10.2 Å². The van der Waals surface area contributed by atoms with Gasteiger partial charge in [-0.1, -0.05) is 12.1 Å². The van der Waals surface area contributed by atoms with E-state index in [1.807, 2.05) is 17.0 Å². The summed E-state index contributed by atoms with van der Waals surface area (Å²) in [5.74, 6) is 0.828. The average Bonchev–Trinajstić information content (AvgIpc) is 3.23. The van der Waals surface area contributed by atoms with Gasteiger partial charge in [-0.15, -0.1) is 0 Å². The van der Waals surface area contributed by atoms with Crippen LogP contribution in [0.25, 0.3) is 0 Å². The molecule has 0 aromatic heterocycles. The molecule has 130 valence electrons. The number of hydrogen-bond donors (Lipinski definition) is 3. The van der Waals surface area contributed by atoms with E-state index in [-0.39, 0.29) is 17.8 Å². The van der Waals surface area contributed by atoms with E-state index >= 15 is 0 Å². The van der Waals surface area contributed by atoms with Gasteiger partial charge in [0.05, 0.1) is 0 Å². The van der Waals surface area contributed by atoms with Gasteiger partial charge >= 0.3 is 0 Å². The van der Waals surface area contributed by atoms with Crippen LogP contribution in [0, 0.1) is 17.7 Å². The van der Waals surface area contributed by atoms with Gasteiger partial charge in [0.1, 0.15) is 11.9 Å². The lowest BCUT2D eigenvalue weighted by molar-refractivity contribution is -0.133. The molecule has 3 heterocycles. The molecule has 1 amide bonds. The lowest BCUT2D eigenvalue weighted by Gasteiger charge is -2.29. The summed E-state index contributed by atoms with van der Waals surface area (Å²) in [4.78, 5) is 14.9. The van der Waals surface area contributed by atoms with E-state index < -0.39 is 0 Å². The quantitative estimate of drug-likeness (QED) is 0.762. The van der Waals surface area contributed by atoms with Gasteiger partial charge < -0.3 is 10.2 Å². The number of piperidine rings is 1. The Bertz CT molecular complexity index is 593. The number of nitrogens with one attached hydrogen (secondary N) is 3. The zero-order chi connectivity index (χ0) is 16.5. The molecule has 1 aromatic carbocycles. The fraction of sp³-hybridized carbons (Fsp3) is 0.611. The van der Waals surface area contributed by atoms with Crippen LogP contribution in [0.1, 0.15) is 18.4 Å². The van der Waals surface area contributed by atoms with Crippen LogP contribution >= 0.6 is 0 Å². The highest BCUT2D eigenvalue weighted by Gasteiger charge is 2.43. The molecule has 3 fully saturated rings. The zero-order valence-corrected chi connectivity index (χ0v) is 13.8. The second-order valence-electron chi connectivity index (χ2n) is 7.30. The third kappa shape index (κ3) is 3.18. The minimum absolute atomic E-state index is 0.118. The summed E-state index contributed by atoms with van der Waals surface area (Å²) < 4.78 is 13.0. The van der Waals surface area contributed by atoms with E-state index in [4.69, 9.17) is 0 Å². The van der Waals surface area contributed by atoms with E-state index in [0.29, 0.717) is 17.9 Å². The van der Waals surface area contributed by atoms with Gasteiger partial charge in [-0.05, 0) is 49.4 Å². The first-order valence-electron chi connectivity index (χ1n) is 8.96. The maximum absolute atomic E-state index is 13.0. The smallest absolute Gasteiger partial charge is 0.241 e. The number of nitrogens with zero attached hydrogens (tertiary/aromatic N) is 1. The molecule has 4 rings (SSSR count). The second kappa shape index (κ2) is 6.78. The van der Waals surface area contributed by atoms with E-state index in [2.05, 4.69) is 16.2 Å². The summed E-state index contributed by atoms with van der Waals surface area (Å²) in [6, 6.07) is 7.00. The Balaban J connectivity index is 1.34. The lowest BCUT2D eigenvalue weighted by atomic mass is 9.89. The van der Waals surface area contributed by atoms with Crippen molar-refractivity contribution >= 4 is 5.91 Å². The van der Waals surface area contributed by atoms with Crippen molar-refractivity contribution in [1.82, 2.24) is 21.1 Å². The molecule has 0 saturated carbocycles. The van der Waals surface area contributed by atoms with Crippen LogP contribution in [-0.4, -0.2) is 49.1 Å². The molecule has 0 bridgehead atoms.